The van der Waals surface area contributed by atoms with E-state index >= 15 is 0 Å². The van der Waals surface area contributed by atoms with Gasteiger partial charge in [0, 0.05) is 0 Å². The fourth-order valence-electron chi connectivity index (χ4n) is 1.79. The third kappa shape index (κ3) is 2.79. The maximum absolute atomic E-state index is 11.8. The summed E-state index contributed by atoms with van der Waals surface area (Å²) in [5.41, 5.74) is 0. The molecule has 1 aromatic rings. The van der Waals surface area contributed by atoms with Gasteiger partial charge in [-0.15, -0.1) is 0 Å². The van der Waals surface area contributed by atoms with Crippen molar-refractivity contribution < 1.29 is 9.32 Å². The molecular weight excluding hydrogens is 208 g/mol. The molecule has 1 unspecified atom stereocenters. The first-order chi connectivity index (χ1) is 7.75. The number of carbonyl (C=O) groups is 1. The molecule has 88 valence electrons. The van der Waals surface area contributed by atoms with E-state index in [1.165, 1.54) is 6.42 Å². The zero-order chi connectivity index (χ0) is 11.4. The van der Waals surface area contributed by atoms with E-state index in [-0.39, 0.29) is 18.0 Å². The maximum Gasteiger partial charge on any atom is 0.328 e. The minimum atomic E-state index is -0.144. The van der Waals surface area contributed by atoms with Gasteiger partial charge in [0.2, 0.25) is 5.91 Å². The topological polar surface area (TPSA) is 80.0 Å². The van der Waals surface area contributed by atoms with Gasteiger partial charge in [-0.25, -0.2) is 0 Å². The number of nitrogens with one attached hydrogen (secondary N) is 2. The highest BCUT2D eigenvalue weighted by Crippen LogP contribution is 2.10. The number of aryl methyl sites for hydroxylation is 1. The van der Waals surface area contributed by atoms with Gasteiger partial charge in [-0.1, -0.05) is 18.0 Å². The first kappa shape index (κ1) is 11.1. The van der Waals surface area contributed by atoms with Crippen LogP contribution in [-0.2, 0) is 4.79 Å². The van der Waals surface area contributed by atoms with Crippen LogP contribution in [-0.4, -0.2) is 28.6 Å². The molecule has 1 saturated heterocycles. The molecule has 0 spiro atoms. The Bertz CT molecular complexity index is 355. The summed E-state index contributed by atoms with van der Waals surface area (Å²) in [6.07, 6.45) is 4.24. The Kier molecular flexibility index (Phi) is 3.51. The van der Waals surface area contributed by atoms with E-state index in [4.69, 9.17) is 4.52 Å². The molecular formula is C10H16N4O2. The number of anilines is 1. The summed E-state index contributed by atoms with van der Waals surface area (Å²) < 4.78 is 4.84. The van der Waals surface area contributed by atoms with Crippen LogP contribution in [0.3, 0.4) is 0 Å². The highest BCUT2D eigenvalue weighted by molar-refractivity contribution is 5.93. The molecule has 1 aliphatic heterocycles. The number of hydrogen-bond acceptors (Lipinski definition) is 5. The van der Waals surface area contributed by atoms with Gasteiger partial charge >= 0.3 is 6.01 Å². The highest BCUT2D eigenvalue weighted by atomic mass is 16.5. The third-order valence-corrected chi connectivity index (χ3v) is 2.63. The zero-order valence-corrected chi connectivity index (χ0v) is 9.32. The van der Waals surface area contributed by atoms with Crippen LogP contribution in [0.1, 0.15) is 31.5 Å². The van der Waals surface area contributed by atoms with Crippen molar-refractivity contribution in [3.8, 4) is 0 Å². The van der Waals surface area contributed by atoms with Crippen molar-refractivity contribution in [1.82, 2.24) is 15.5 Å². The van der Waals surface area contributed by atoms with Crippen molar-refractivity contribution >= 4 is 11.9 Å². The number of hydrogen-bond donors (Lipinski definition) is 2. The number of aromatic nitrogens is 2. The van der Waals surface area contributed by atoms with Gasteiger partial charge in [0.1, 0.15) is 0 Å². The average Bonchev–Trinajstić information content (AvgIpc) is 2.56. The lowest BCUT2D eigenvalue weighted by Crippen LogP contribution is -2.39. The Balaban J connectivity index is 1.91. The van der Waals surface area contributed by atoms with Gasteiger partial charge in [0.15, 0.2) is 5.82 Å². The number of nitrogens with zero attached hydrogens (tertiary/aromatic N) is 2. The maximum atomic E-state index is 11.8. The summed E-state index contributed by atoms with van der Waals surface area (Å²) in [6, 6.07) is 0.0308. The fraction of sp³-hybridized carbons (Fsp3) is 0.700. The van der Waals surface area contributed by atoms with Crippen LogP contribution in [0.25, 0.3) is 0 Å². The van der Waals surface area contributed by atoms with Crippen molar-refractivity contribution in [2.24, 2.45) is 0 Å². The molecule has 2 heterocycles. The first-order valence-electron chi connectivity index (χ1n) is 5.60. The van der Waals surface area contributed by atoms with Gasteiger partial charge in [0.05, 0.1) is 6.04 Å². The Morgan fingerprint density at radius 3 is 3.12 bits per heavy atom. The minimum absolute atomic E-state index is 0.0921. The van der Waals surface area contributed by atoms with E-state index in [0.717, 1.165) is 25.8 Å². The third-order valence-electron chi connectivity index (χ3n) is 2.63. The minimum Gasteiger partial charge on any atom is -0.315 e. The van der Waals surface area contributed by atoms with Crippen LogP contribution in [0, 0.1) is 6.92 Å². The molecule has 0 bridgehead atoms. The molecule has 0 radical (unpaired) electrons. The number of amides is 1. The molecule has 0 aromatic carbocycles. The Hall–Kier alpha value is -1.43. The van der Waals surface area contributed by atoms with Crippen molar-refractivity contribution in [3.63, 3.8) is 0 Å². The smallest absolute Gasteiger partial charge is 0.315 e. The average molecular weight is 224 g/mol. The molecule has 1 amide bonds. The van der Waals surface area contributed by atoms with Crippen LogP contribution in [0.4, 0.5) is 6.01 Å². The van der Waals surface area contributed by atoms with E-state index in [0.29, 0.717) is 5.82 Å². The van der Waals surface area contributed by atoms with Crippen molar-refractivity contribution in [3.05, 3.63) is 5.82 Å². The monoisotopic (exact) mass is 224 g/mol. The highest BCUT2D eigenvalue weighted by Gasteiger charge is 2.20. The van der Waals surface area contributed by atoms with Gasteiger partial charge in [-0.2, -0.15) is 4.98 Å². The lowest BCUT2D eigenvalue weighted by molar-refractivity contribution is -0.118. The van der Waals surface area contributed by atoms with Gasteiger partial charge in [-0.05, 0) is 26.3 Å². The predicted molar refractivity (Wildman–Crippen MR) is 57.9 cm³/mol. The molecule has 1 fully saturated rings. The molecule has 2 N–H and O–H groups in total. The second kappa shape index (κ2) is 5.07. The zero-order valence-electron chi connectivity index (χ0n) is 9.32. The van der Waals surface area contributed by atoms with Gasteiger partial charge < -0.3 is 9.84 Å². The summed E-state index contributed by atoms with van der Waals surface area (Å²) in [5, 5.41) is 9.44. The number of carbonyl (C=O) groups excluding carboxylic acids is 1. The molecule has 16 heavy (non-hydrogen) atoms. The Morgan fingerprint density at radius 1 is 1.50 bits per heavy atom. The van der Waals surface area contributed by atoms with E-state index < -0.39 is 0 Å². The summed E-state index contributed by atoms with van der Waals surface area (Å²) in [7, 11) is 0. The fourth-order valence-corrected chi connectivity index (χ4v) is 1.79. The van der Waals surface area contributed by atoms with Crippen molar-refractivity contribution in [2.45, 2.75) is 38.6 Å². The van der Waals surface area contributed by atoms with Crippen molar-refractivity contribution in [1.29, 1.82) is 0 Å². The lowest BCUT2D eigenvalue weighted by atomic mass is 10.1. The SMILES string of the molecule is Cc1noc(NC(=O)C2CCCCCN2)n1. The Morgan fingerprint density at radius 2 is 2.38 bits per heavy atom. The van der Waals surface area contributed by atoms with Crippen molar-refractivity contribution in [2.75, 3.05) is 11.9 Å². The second-order valence-electron chi connectivity index (χ2n) is 3.99. The first-order valence-corrected chi connectivity index (χ1v) is 5.60. The Labute approximate surface area is 93.8 Å². The van der Waals surface area contributed by atoms with Gasteiger partial charge in [0.25, 0.3) is 0 Å². The van der Waals surface area contributed by atoms with E-state index in [9.17, 15) is 4.79 Å². The largest absolute Gasteiger partial charge is 0.328 e. The molecule has 6 heteroatoms. The summed E-state index contributed by atoms with van der Waals surface area (Å²) in [4.78, 5) is 15.8. The molecule has 0 saturated carbocycles. The van der Waals surface area contributed by atoms with E-state index in [2.05, 4.69) is 20.8 Å². The molecule has 1 aromatic heterocycles. The summed E-state index contributed by atoms with van der Waals surface area (Å²) >= 11 is 0. The second-order valence-corrected chi connectivity index (χ2v) is 3.99. The normalized spacial score (nSPS) is 21.4. The van der Waals surface area contributed by atoms with Crippen LogP contribution in [0.15, 0.2) is 4.52 Å². The molecule has 1 atom stereocenters. The lowest BCUT2D eigenvalue weighted by Gasteiger charge is -2.13. The van der Waals surface area contributed by atoms with Crippen LogP contribution < -0.4 is 10.6 Å². The van der Waals surface area contributed by atoms with Crippen LogP contribution in [0.5, 0.6) is 0 Å². The molecule has 2 rings (SSSR count). The summed E-state index contributed by atoms with van der Waals surface area (Å²) in [5.74, 6) is 0.426. The van der Waals surface area contributed by atoms with E-state index in [1.54, 1.807) is 6.92 Å². The van der Waals surface area contributed by atoms with Gasteiger partial charge in [-0.3, -0.25) is 10.1 Å². The van der Waals surface area contributed by atoms with Crippen LogP contribution in [0.2, 0.25) is 0 Å². The quantitative estimate of drug-likeness (QED) is 0.778. The summed E-state index contributed by atoms with van der Waals surface area (Å²) in [6.45, 7) is 2.60. The van der Waals surface area contributed by atoms with E-state index in [1.807, 2.05) is 0 Å². The standard InChI is InChI=1S/C10H16N4O2/c1-7-12-10(16-14-7)13-9(15)8-5-3-2-4-6-11-8/h8,11H,2-6H2,1H3,(H,12,13,14,15). The molecule has 1 aliphatic rings. The predicted octanol–water partition coefficient (Wildman–Crippen LogP) is 0.849. The molecule has 6 nitrogen and oxygen atoms in total. The molecule has 0 aliphatic carbocycles. The number of rotatable bonds is 2. The van der Waals surface area contributed by atoms with Crippen LogP contribution >= 0.6 is 0 Å².